The van der Waals surface area contributed by atoms with Crippen LogP contribution < -0.4 is 0 Å². The van der Waals surface area contributed by atoms with Crippen molar-refractivity contribution < 1.29 is 19.4 Å². The first-order chi connectivity index (χ1) is 12.5. The van der Waals surface area contributed by atoms with Crippen LogP contribution in [0.2, 0.25) is 0 Å². The van der Waals surface area contributed by atoms with Crippen molar-refractivity contribution >= 4 is 40.0 Å². The van der Waals surface area contributed by atoms with Gasteiger partial charge in [-0.3, -0.25) is 9.59 Å². The van der Waals surface area contributed by atoms with Gasteiger partial charge in [0, 0.05) is 22.8 Å². The van der Waals surface area contributed by atoms with Gasteiger partial charge >= 0.3 is 0 Å². The second-order valence-electron chi connectivity index (χ2n) is 5.90. The number of hydrogen-bond acceptors (Lipinski definition) is 4. The summed E-state index contributed by atoms with van der Waals surface area (Å²) in [6, 6.07) is 15.7. The number of ketones is 1. The Morgan fingerprint density at radius 1 is 1.12 bits per heavy atom. The van der Waals surface area contributed by atoms with Gasteiger partial charge in [0.2, 0.25) is 0 Å². The highest BCUT2D eigenvalue weighted by Crippen LogP contribution is 2.39. The summed E-state index contributed by atoms with van der Waals surface area (Å²) in [6.45, 7) is 0.572. The molecular formula is C20H18INO4. The van der Waals surface area contributed by atoms with E-state index in [1.165, 1.54) is 4.90 Å². The van der Waals surface area contributed by atoms with E-state index in [0.717, 1.165) is 9.13 Å². The van der Waals surface area contributed by atoms with Crippen LogP contribution in [0, 0.1) is 3.57 Å². The van der Waals surface area contributed by atoms with E-state index in [0.29, 0.717) is 12.2 Å². The van der Waals surface area contributed by atoms with Gasteiger partial charge in [-0.15, -0.1) is 0 Å². The number of carbonyl (C=O) groups is 2. The maximum atomic E-state index is 12.7. The van der Waals surface area contributed by atoms with Gasteiger partial charge in [-0.25, -0.2) is 0 Å². The van der Waals surface area contributed by atoms with Crippen LogP contribution in [0.15, 0.2) is 60.2 Å². The molecule has 0 bridgehead atoms. The molecule has 0 aliphatic carbocycles. The van der Waals surface area contributed by atoms with E-state index in [1.807, 2.05) is 30.3 Å². The van der Waals surface area contributed by atoms with Crippen molar-refractivity contribution in [1.82, 2.24) is 4.90 Å². The molecule has 0 spiro atoms. The lowest BCUT2D eigenvalue weighted by Crippen LogP contribution is -2.32. The Labute approximate surface area is 165 Å². The molecule has 26 heavy (non-hydrogen) atoms. The highest BCUT2D eigenvalue weighted by molar-refractivity contribution is 14.1. The Morgan fingerprint density at radius 3 is 2.38 bits per heavy atom. The molecule has 1 saturated heterocycles. The number of aliphatic hydroxyl groups is 1. The van der Waals surface area contributed by atoms with Crippen LogP contribution in [0.3, 0.4) is 0 Å². The van der Waals surface area contributed by atoms with Gasteiger partial charge in [-0.1, -0.05) is 42.5 Å². The number of aliphatic hydroxyl groups excluding tert-OH is 1. The average molecular weight is 463 g/mol. The second-order valence-corrected chi connectivity index (χ2v) is 7.15. The van der Waals surface area contributed by atoms with Crippen molar-refractivity contribution in [3.63, 3.8) is 0 Å². The molecule has 134 valence electrons. The standard InChI is InChI=1S/C20H18INO4/c1-26-12-11-22-17(13-7-9-15(21)10-8-13)16(19(24)20(22)25)18(23)14-5-3-2-4-6-14/h2-10,17,23H,11-12H2,1H3/t17-/m0/s1. The first-order valence-corrected chi connectivity index (χ1v) is 9.20. The largest absolute Gasteiger partial charge is 0.507 e. The van der Waals surface area contributed by atoms with Gasteiger partial charge < -0.3 is 14.7 Å². The maximum Gasteiger partial charge on any atom is 0.295 e. The van der Waals surface area contributed by atoms with E-state index >= 15 is 0 Å². The van der Waals surface area contributed by atoms with Crippen LogP contribution in [0.5, 0.6) is 0 Å². The van der Waals surface area contributed by atoms with E-state index in [2.05, 4.69) is 22.6 Å². The Morgan fingerprint density at radius 2 is 1.77 bits per heavy atom. The zero-order valence-corrected chi connectivity index (χ0v) is 16.3. The molecule has 2 aromatic rings. The first kappa shape index (κ1) is 18.6. The Balaban J connectivity index is 2.15. The van der Waals surface area contributed by atoms with Gasteiger partial charge in [0.15, 0.2) is 0 Å². The van der Waals surface area contributed by atoms with Crippen LogP contribution in [-0.4, -0.2) is 42.0 Å². The normalized spacial score (nSPS) is 19.2. The van der Waals surface area contributed by atoms with Crippen LogP contribution in [-0.2, 0) is 14.3 Å². The lowest BCUT2D eigenvalue weighted by molar-refractivity contribution is -0.140. The third kappa shape index (κ3) is 3.52. The second kappa shape index (κ2) is 8.01. The molecule has 1 atom stereocenters. The molecule has 1 N–H and O–H groups in total. The highest BCUT2D eigenvalue weighted by atomic mass is 127. The number of halogens is 1. The van der Waals surface area contributed by atoms with Crippen molar-refractivity contribution in [1.29, 1.82) is 0 Å². The third-order valence-corrected chi connectivity index (χ3v) is 5.03. The molecule has 1 fully saturated rings. The summed E-state index contributed by atoms with van der Waals surface area (Å²) in [7, 11) is 1.54. The zero-order chi connectivity index (χ0) is 18.7. The number of hydrogen-bond donors (Lipinski definition) is 1. The summed E-state index contributed by atoms with van der Waals surface area (Å²) >= 11 is 2.19. The molecule has 1 aliphatic rings. The van der Waals surface area contributed by atoms with Crippen molar-refractivity contribution in [3.8, 4) is 0 Å². The number of benzene rings is 2. The minimum atomic E-state index is -0.675. The highest BCUT2D eigenvalue weighted by Gasteiger charge is 2.45. The van der Waals surface area contributed by atoms with E-state index in [4.69, 9.17) is 4.74 Å². The number of amides is 1. The summed E-state index contributed by atoms with van der Waals surface area (Å²) < 4.78 is 6.13. The molecule has 3 rings (SSSR count). The van der Waals surface area contributed by atoms with E-state index in [-0.39, 0.29) is 17.9 Å². The number of Topliss-reactive ketones (excluding diaryl/α,β-unsaturated/α-hetero) is 1. The third-order valence-electron chi connectivity index (χ3n) is 4.31. The van der Waals surface area contributed by atoms with E-state index < -0.39 is 17.7 Å². The maximum absolute atomic E-state index is 12.7. The van der Waals surface area contributed by atoms with Crippen LogP contribution in [0.4, 0.5) is 0 Å². The molecule has 2 aromatic carbocycles. The molecule has 0 aromatic heterocycles. The summed E-state index contributed by atoms with van der Waals surface area (Å²) in [5.41, 5.74) is 1.39. The van der Waals surface area contributed by atoms with Gasteiger partial charge in [0.05, 0.1) is 18.2 Å². The van der Waals surface area contributed by atoms with Crippen molar-refractivity contribution in [2.75, 3.05) is 20.3 Å². The van der Waals surface area contributed by atoms with E-state index in [1.54, 1.807) is 31.4 Å². The molecule has 0 radical (unpaired) electrons. The SMILES string of the molecule is COCCN1C(=O)C(=O)C(=C(O)c2ccccc2)[C@@H]1c1ccc(I)cc1. The zero-order valence-electron chi connectivity index (χ0n) is 14.2. The van der Waals surface area contributed by atoms with Crippen molar-refractivity contribution in [2.24, 2.45) is 0 Å². The van der Waals surface area contributed by atoms with Gasteiger partial charge in [0.1, 0.15) is 5.76 Å². The number of likely N-dealkylation sites (tertiary alicyclic amines) is 1. The lowest BCUT2D eigenvalue weighted by atomic mass is 9.95. The fraction of sp³-hybridized carbons (Fsp3) is 0.200. The minimum Gasteiger partial charge on any atom is -0.507 e. The van der Waals surface area contributed by atoms with E-state index in [9.17, 15) is 14.7 Å². The minimum absolute atomic E-state index is 0.110. The predicted molar refractivity (Wildman–Crippen MR) is 106 cm³/mol. The van der Waals surface area contributed by atoms with Gasteiger partial charge in [-0.05, 0) is 40.3 Å². The summed E-state index contributed by atoms with van der Waals surface area (Å²) in [5.74, 6) is -1.46. The fourth-order valence-corrected chi connectivity index (χ4v) is 3.40. The fourth-order valence-electron chi connectivity index (χ4n) is 3.04. The topological polar surface area (TPSA) is 66.8 Å². The number of rotatable bonds is 5. The summed E-state index contributed by atoms with van der Waals surface area (Å²) in [4.78, 5) is 26.7. The number of methoxy groups -OCH3 is 1. The van der Waals surface area contributed by atoms with Gasteiger partial charge in [-0.2, -0.15) is 0 Å². The first-order valence-electron chi connectivity index (χ1n) is 8.13. The molecule has 5 nitrogen and oxygen atoms in total. The molecular weight excluding hydrogens is 445 g/mol. The van der Waals surface area contributed by atoms with Crippen molar-refractivity contribution in [3.05, 3.63) is 74.9 Å². The summed E-state index contributed by atoms with van der Waals surface area (Å²) in [6.07, 6.45) is 0. The Hall–Kier alpha value is -2.19. The lowest BCUT2D eigenvalue weighted by Gasteiger charge is -2.25. The Bertz CT molecular complexity index is 846. The predicted octanol–water partition coefficient (Wildman–Crippen LogP) is 3.36. The molecule has 1 amide bonds. The van der Waals surface area contributed by atoms with Crippen LogP contribution >= 0.6 is 22.6 Å². The molecule has 1 aliphatic heterocycles. The smallest absolute Gasteiger partial charge is 0.295 e. The Kier molecular flexibility index (Phi) is 5.73. The average Bonchev–Trinajstić information content (AvgIpc) is 2.91. The van der Waals surface area contributed by atoms with Gasteiger partial charge in [0.25, 0.3) is 11.7 Å². The monoisotopic (exact) mass is 463 g/mol. The molecule has 1 heterocycles. The number of nitrogens with zero attached hydrogens (tertiary/aromatic N) is 1. The summed E-state index contributed by atoms with van der Waals surface area (Å²) in [5, 5.41) is 10.8. The van der Waals surface area contributed by atoms with Crippen LogP contribution in [0.1, 0.15) is 17.2 Å². The molecule has 6 heteroatoms. The molecule has 0 saturated carbocycles. The quantitative estimate of drug-likeness (QED) is 0.320. The van der Waals surface area contributed by atoms with Crippen LogP contribution in [0.25, 0.3) is 5.76 Å². The molecule has 0 unspecified atom stereocenters. The number of carbonyl (C=O) groups excluding carboxylic acids is 2. The number of ether oxygens (including phenoxy) is 1. The van der Waals surface area contributed by atoms with Crippen molar-refractivity contribution in [2.45, 2.75) is 6.04 Å².